The third-order valence-corrected chi connectivity index (χ3v) is 0. The zero-order valence-electron chi connectivity index (χ0n) is 3.12. The Morgan fingerprint density at radius 1 is 1.50 bits per heavy atom. The molecule has 0 heterocycles. The van der Waals surface area contributed by atoms with Crippen LogP contribution < -0.4 is 29.6 Å². The molecule has 0 fully saturated rings. The molecule has 4 heteroatoms. The van der Waals surface area contributed by atoms with E-state index >= 15 is 0 Å². The van der Waals surface area contributed by atoms with Gasteiger partial charge in [0.05, 0.1) is 0 Å². The molecule has 24 valence electrons. The van der Waals surface area contributed by atoms with Crippen LogP contribution in [-0.2, 0) is 36.6 Å². The van der Waals surface area contributed by atoms with Crippen LogP contribution in [0.5, 0.6) is 0 Å². The molecule has 0 rings (SSSR count). The zero-order chi connectivity index (χ0) is 2.00. The molecule has 0 amide bonds. The van der Waals surface area contributed by atoms with E-state index in [0.717, 1.165) is 0 Å². The molecule has 0 aliphatic heterocycles. The second kappa shape index (κ2) is 21.2. The van der Waals surface area contributed by atoms with E-state index in [1.54, 1.807) is 15.9 Å². The molecule has 0 aliphatic carbocycles. The summed E-state index contributed by atoms with van der Waals surface area (Å²) in [6.07, 6.45) is 0. The maximum absolute atomic E-state index is 8.06. The predicted octanol–water partition coefficient (Wildman–Crippen LogP) is -3.01. The molecule has 0 aromatic carbocycles. The number of rotatable bonds is 0. The van der Waals surface area contributed by atoms with Gasteiger partial charge in [0.15, 0.2) is 0 Å². The van der Waals surface area contributed by atoms with Gasteiger partial charge in [-0.25, -0.2) is 0 Å². The Morgan fingerprint density at radius 2 is 1.50 bits per heavy atom. The van der Waals surface area contributed by atoms with Crippen LogP contribution in [0.4, 0.5) is 0 Å². The van der Waals surface area contributed by atoms with E-state index in [1.807, 2.05) is 0 Å². The molecule has 4 heavy (non-hydrogen) atoms. The Morgan fingerprint density at radius 3 is 1.50 bits per heavy atom. The second-order valence-electron chi connectivity index (χ2n) is 0. The van der Waals surface area contributed by atoms with Gasteiger partial charge < -0.3 is 1.43 Å². The average Bonchev–Trinajstić information content (AvgIpc) is 1.00. The fourth-order valence-electron chi connectivity index (χ4n) is 0. The van der Waals surface area contributed by atoms with Crippen LogP contribution in [0.25, 0.3) is 0 Å². The Bertz CT molecular complexity index is 11.6. The minimum atomic E-state index is 0. The Labute approximate surface area is 66.9 Å². The molecular weight excluding hydrogens is 153 g/mol. The molecule has 1 nitrogen and oxygen atoms in total. The maximum atomic E-state index is 8.06. The zero-order valence-corrected chi connectivity index (χ0v) is 6.34. The first kappa shape index (κ1) is 17.0. The molecule has 0 bridgehead atoms. The van der Waals surface area contributed by atoms with Gasteiger partial charge in [-0.2, -0.15) is 0 Å². The summed E-state index contributed by atoms with van der Waals surface area (Å²) in [5, 5.41) is 0. The van der Waals surface area contributed by atoms with Crippen LogP contribution in [0.3, 0.4) is 0 Å². The first-order valence-corrected chi connectivity index (χ1v) is 0.636. The summed E-state index contributed by atoms with van der Waals surface area (Å²) in [5.41, 5.74) is 0. The monoisotopic (exact) mass is 154 g/mol. The summed E-state index contributed by atoms with van der Waals surface area (Å²) in [5.74, 6) is 0. The van der Waals surface area contributed by atoms with Gasteiger partial charge in [0.2, 0.25) is 0 Å². The Kier molecular flexibility index (Phi) is 90.0. The molecule has 0 saturated carbocycles. The SMILES string of the molecule is [Co].[H-].[Na+].[O]=[Mn]. The first-order valence-electron chi connectivity index (χ1n) is 0.154. The minimum absolute atomic E-state index is 0. The van der Waals surface area contributed by atoms with Gasteiger partial charge in [-0.15, -0.1) is 0 Å². The molecule has 0 saturated heterocycles. The Hall–Kier alpha value is 1.83. The predicted molar refractivity (Wildman–Crippen MR) is 1.80 cm³/mol. The van der Waals surface area contributed by atoms with Crippen molar-refractivity contribution < 1.29 is 67.5 Å². The summed E-state index contributed by atoms with van der Waals surface area (Å²) >= 11 is 1.69. The van der Waals surface area contributed by atoms with E-state index in [1.165, 1.54) is 0 Å². The number of hydrogen-bond donors (Lipinski definition) is 0. The van der Waals surface area contributed by atoms with Crippen LogP contribution in [-0.4, -0.2) is 0 Å². The van der Waals surface area contributed by atoms with Crippen molar-refractivity contribution in [2.45, 2.75) is 0 Å². The van der Waals surface area contributed by atoms with Crippen molar-refractivity contribution in [1.29, 1.82) is 0 Å². The van der Waals surface area contributed by atoms with Crippen LogP contribution in [0.15, 0.2) is 0 Å². The number of hydrogen-bond acceptors (Lipinski definition) is 1. The molecule has 0 atom stereocenters. The van der Waals surface area contributed by atoms with Crippen LogP contribution in [0.2, 0.25) is 0 Å². The van der Waals surface area contributed by atoms with Gasteiger partial charge in [-0.05, 0) is 0 Å². The van der Waals surface area contributed by atoms with Gasteiger partial charge in [-0.1, -0.05) is 0 Å². The van der Waals surface area contributed by atoms with E-state index in [9.17, 15) is 0 Å². The van der Waals surface area contributed by atoms with E-state index in [2.05, 4.69) is 0 Å². The van der Waals surface area contributed by atoms with Crippen LogP contribution in [0.1, 0.15) is 1.43 Å². The van der Waals surface area contributed by atoms with Gasteiger partial charge in [0.1, 0.15) is 0 Å². The summed E-state index contributed by atoms with van der Waals surface area (Å²) < 4.78 is 8.06. The quantitative estimate of drug-likeness (QED) is 0.339. The van der Waals surface area contributed by atoms with Crippen LogP contribution in [0, 0.1) is 0 Å². The van der Waals surface area contributed by atoms with Crippen molar-refractivity contribution in [3.63, 3.8) is 0 Å². The van der Waals surface area contributed by atoms with Crippen molar-refractivity contribution in [3.8, 4) is 0 Å². The fraction of sp³-hybridized carbons (Fsp3) is 0. The van der Waals surface area contributed by atoms with Crippen molar-refractivity contribution >= 4 is 0 Å². The summed E-state index contributed by atoms with van der Waals surface area (Å²) in [7, 11) is 0. The van der Waals surface area contributed by atoms with Crippen molar-refractivity contribution in [2.24, 2.45) is 0 Å². The second-order valence-corrected chi connectivity index (χ2v) is 0. The standard InChI is InChI=1S/Co.Mn.Na.O.H/q;;+1;;-1. The molecule has 0 unspecified atom stereocenters. The molecule has 0 aliphatic rings. The normalized spacial score (nSPS) is 1.00. The van der Waals surface area contributed by atoms with E-state index in [0.29, 0.717) is 0 Å². The van der Waals surface area contributed by atoms with Crippen molar-refractivity contribution in [3.05, 3.63) is 0 Å². The molecular formula is HCoMnNaO. The van der Waals surface area contributed by atoms with Gasteiger partial charge in [0, 0.05) is 16.8 Å². The average molecular weight is 154 g/mol. The topological polar surface area (TPSA) is 17.1 Å². The van der Waals surface area contributed by atoms with Crippen molar-refractivity contribution in [1.82, 2.24) is 0 Å². The fourth-order valence-corrected chi connectivity index (χ4v) is 0. The first-order chi connectivity index (χ1) is 1.00. The molecule has 0 spiro atoms. The summed E-state index contributed by atoms with van der Waals surface area (Å²) in [6.45, 7) is 0. The van der Waals surface area contributed by atoms with E-state index < -0.39 is 0 Å². The third kappa shape index (κ3) is 9.16. The molecule has 1 radical (unpaired) electrons. The van der Waals surface area contributed by atoms with E-state index in [-0.39, 0.29) is 47.8 Å². The summed E-state index contributed by atoms with van der Waals surface area (Å²) in [4.78, 5) is 0. The van der Waals surface area contributed by atoms with Gasteiger partial charge >= 0.3 is 49.3 Å². The molecule has 0 N–H and O–H groups in total. The summed E-state index contributed by atoms with van der Waals surface area (Å²) in [6, 6.07) is 0. The van der Waals surface area contributed by atoms with E-state index in [4.69, 9.17) is 3.83 Å². The van der Waals surface area contributed by atoms with Crippen molar-refractivity contribution in [2.75, 3.05) is 0 Å². The third-order valence-electron chi connectivity index (χ3n) is 0. The molecule has 0 aromatic heterocycles. The van der Waals surface area contributed by atoms with Crippen LogP contribution >= 0.6 is 0 Å². The molecule has 0 aromatic rings. The van der Waals surface area contributed by atoms with Gasteiger partial charge in [-0.3, -0.25) is 0 Å². The Balaban J connectivity index is -0.00000000167. The van der Waals surface area contributed by atoms with Gasteiger partial charge in [0.25, 0.3) is 0 Å².